The SMILES string of the molecule is CCN=C(NC1CC1c1ccc(Br)cc1)N(C)CC(=O)NC(C)(C)C. The molecule has 0 spiro atoms. The van der Waals surface area contributed by atoms with Crippen LogP contribution < -0.4 is 10.6 Å². The molecule has 2 unspecified atom stereocenters. The van der Waals surface area contributed by atoms with E-state index in [2.05, 4.69) is 55.8 Å². The third-order valence-corrected chi connectivity index (χ3v) is 4.50. The second-order valence-corrected chi connectivity index (χ2v) is 8.51. The van der Waals surface area contributed by atoms with Crippen molar-refractivity contribution in [3.8, 4) is 0 Å². The summed E-state index contributed by atoms with van der Waals surface area (Å²) in [5, 5.41) is 6.50. The Kier molecular flexibility index (Phi) is 6.49. The molecule has 1 aromatic carbocycles. The highest BCUT2D eigenvalue weighted by Gasteiger charge is 2.39. The third-order valence-electron chi connectivity index (χ3n) is 3.97. The molecule has 25 heavy (non-hydrogen) atoms. The second kappa shape index (κ2) is 8.21. The van der Waals surface area contributed by atoms with Gasteiger partial charge in [-0.2, -0.15) is 0 Å². The Labute approximate surface area is 159 Å². The van der Waals surface area contributed by atoms with E-state index in [4.69, 9.17) is 0 Å². The van der Waals surface area contributed by atoms with E-state index in [9.17, 15) is 4.79 Å². The molecular weight excluding hydrogens is 380 g/mol. The van der Waals surface area contributed by atoms with Crippen LogP contribution in [0, 0.1) is 0 Å². The number of hydrogen-bond acceptors (Lipinski definition) is 2. The van der Waals surface area contributed by atoms with Crippen molar-refractivity contribution in [1.29, 1.82) is 0 Å². The van der Waals surface area contributed by atoms with Crippen LogP contribution in [0.1, 0.15) is 45.6 Å². The van der Waals surface area contributed by atoms with Gasteiger partial charge in [0.15, 0.2) is 5.96 Å². The molecule has 0 aromatic heterocycles. The predicted octanol–water partition coefficient (Wildman–Crippen LogP) is 3.12. The Bertz CT molecular complexity index is 621. The first-order chi connectivity index (χ1) is 11.7. The summed E-state index contributed by atoms with van der Waals surface area (Å²) in [5.41, 5.74) is 1.11. The highest BCUT2D eigenvalue weighted by Crippen LogP contribution is 2.41. The van der Waals surface area contributed by atoms with E-state index in [1.165, 1.54) is 5.56 Å². The van der Waals surface area contributed by atoms with E-state index in [1.807, 2.05) is 39.6 Å². The molecule has 1 fully saturated rings. The second-order valence-electron chi connectivity index (χ2n) is 7.60. The molecule has 2 rings (SSSR count). The average molecular weight is 409 g/mol. The normalized spacial score (nSPS) is 20.2. The van der Waals surface area contributed by atoms with Gasteiger partial charge >= 0.3 is 0 Å². The number of aliphatic imine (C=N–C) groups is 1. The minimum absolute atomic E-state index is 0.000796. The summed E-state index contributed by atoms with van der Waals surface area (Å²) in [6.45, 7) is 8.93. The number of benzene rings is 1. The summed E-state index contributed by atoms with van der Waals surface area (Å²) < 4.78 is 1.10. The van der Waals surface area contributed by atoms with Gasteiger partial charge in [0, 0.05) is 35.6 Å². The summed E-state index contributed by atoms with van der Waals surface area (Å²) in [6, 6.07) is 8.85. The largest absolute Gasteiger partial charge is 0.353 e. The molecule has 2 atom stereocenters. The zero-order chi connectivity index (χ0) is 18.6. The molecule has 1 saturated carbocycles. The van der Waals surface area contributed by atoms with Crippen LogP contribution in [-0.2, 0) is 4.79 Å². The molecule has 1 aliphatic carbocycles. The number of carbonyl (C=O) groups is 1. The van der Waals surface area contributed by atoms with Gasteiger partial charge in [0.05, 0.1) is 6.54 Å². The Morgan fingerprint density at radius 3 is 2.52 bits per heavy atom. The van der Waals surface area contributed by atoms with Crippen molar-refractivity contribution >= 4 is 27.8 Å². The fraction of sp³-hybridized carbons (Fsp3) is 0.579. The average Bonchev–Trinajstić information content (AvgIpc) is 3.24. The molecule has 1 amide bonds. The maximum Gasteiger partial charge on any atom is 0.240 e. The molecule has 0 heterocycles. The molecule has 138 valence electrons. The van der Waals surface area contributed by atoms with Gasteiger partial charge in [-0.1, -0.05) is 28.1 Å². The van der Waals surface area contributed by atoms with E-state index in [1.54, 1.807) is 0 Å². The fourth-order valence-corrected chi connectivity index (χ4v) is 3.04. The summed E-state index contributed by atoms with van der Waals surface area (Å²) in [6.07, 6.45) is 1.09. The van der Waals surface area contributed by atoms with Gasteiger partial charge < -0.3 is 15.5 Å². The Morgan fingerprint density at radius 1 is 1.32 bits per heavy atom. The van der Waals surface area contributed by atoms with Crippen molar-refractivity contribution in [2.75, 3.05) is 20.1 Å². The molecule has 2 N–H and O–H groups in total. The maximum atomic E-state index is 12.2. The Morgan fingerprint density at radius 2 is 1.96 bits per heavy atom. The van der Waals surface area contributed by atoms with Gasteiger partial charge in [0.2, 0.25) is 5.91 Å². The van der Waals surface area contributed by atoms with Crippen LogP contribution in [0.2, 0.25) is 0 Å². The van der Waals surface area contributed by atoms with Crippen LogP contribution in [0.25, 0.3) is 0 Å². The number of guanidine groups is 1. The predicted molar refractivity (Wildman–Crippen MR) is 107 cm³/mol. The monoisotopic (exact) mass is 408 g/mol. The number of carbonyl (C=O) groups excluding carboxylic acids is 1. The van der Waals surface area contributed by atoms with Gasteiger partial charge in [-0.25, -0.2) is 0 Å². The van der Waals surface area contributed by atoms with Crippen molar-refractivity contribution < 1.29 is 4.79 Å². The van der Waals surface area contributed by atoms with Crippen LogP contribution >= 0.6 is 15.9 Å². The first-order valence-electron chi connectivity index (χ1n) is 8.78. The number of rotatable bonds is 5. The molecular formula is C19H29BrN4O. The minimum Gasteiger partial charge on any atom is -0.353 e. The molecule has 0 radical (unpaired) electrons. The topological polar surface area (TPSA) is 56.7 Å². The quantitative estimate of drug-likeness (QED) is 0.581. The van der Waals surface area contributed by atoms with E-state index in [-0.39, 0.29) is 11.4 Å². The third kappa shape index (κ3) is 6.34. The van der Waals surface area contributed by atoms with Gasteiger partial charge in [0.25, 0.3) is 0 Å². The number of nitrogens with one attached hydrogen (secondary N) is 2. The smallest absolute Gasteiger partial charge is 0.240 e. The first-order valence-corrected chi connectivity index (χ1v) is 9.57. The number of hydrogen-bond donors (Lipinski definition) is 2. The van der Waals surface area contributed by atoms with Crippen LogP contribution in [0.4, 0.5) is 0 Å². The van der Waals surface area contributed by atoms with Crippen LogP contribution in [-0.4, -0.2) is 48.5 Å². The van der Waals surface area contributed by atoms with Crippen LogP contribution in [0.15, 0.2) is 33.7 Å². The van der Waals surface area contributed by atoms with Crippen molar-refractivity contribution in [2.45, 2.75) is 51.6 Å². The van der Waals surface area contributed by atoms with E-state index >= 15 is 0 Å². The molecule has 5 nitrogen and oxygen atoms in total. The molecule has 1 aliphatic rings. The highest BCUT2D eigenvalue weighted by molar-refractivity contribution is 9.10. The molecule has 0 bridgehead atoms. The van der Waals surface area contributed by atoms with Crippen molar-refractivity contribution in [3.05, 3.63) is 34.3 Å². The summed E-state index contributed by atoms with van der Waals surface area (Å²) in [4.78, 5) is 18.6. The highest BCUT2D eigenvalue weighted by atomic mass is 79.9. The fourth-order valence-electron chi connectivity index (χ4n) is 2.77. The lowest BCUT2D eigenvalue weighted by Gasteiger charge is -2.25. The van der Waals surface area contributed by atoms with E-state index in [0.29, 0.717) is 25.0 Å². The Hall–Kier alpha value is -1.56. The maximum absolute atomic E-state index is 12.2. The lowest BCUT2D eigenvalue weighted by Crippen LogP contribution is -2.49. The van der Waals surface area contributed by atoms with Gasteiger partial charge in [-0.05, 0) is 51.8 Å². The van der Waals surface area contributed by atoms with Crippen molar-refractivity contribution in [2.24, 2.45) is 4.99 Å². The number of likely N-dealkylation sites (N-methyl/N-ethyl adjacent to an activating group) is 1. The Balaban J connectivity index is 1.92. The van der Waals surface area contributed by atoms with Crippen LogP contribution in [0.3, 0.4) is 0 Å². The van der Waals surface area contributed by atoms with Crippen molar-refractivity contribution in [3.63, 3.8) is 0 Å². The number of amides is 1. The van der Waals surface area contributed by atoms with E-state index in [0.717, 1.165) is 16.9 Å². The van der Waals surface area contributed by atoms with Gasteiger partial charge in [-0.15, -0.1) is 0 Å². The number of halogens is 1. The van der Waals surface area contributed by atoms with Crippen molar-refractivity contribution in [1.82, 2.24) is 15.5 Å². The summed E-state index contributed by atoms with van der Waals surface area (Å²) in [5.74, 6) is 1.30. The van der Waals surface area contributed by atoms with Crippen LogP contribution in [0.5, 0.6) is 0 Å². The standard InChI is InChI=1S/C19H29BrN4O/c1-6-21-18(24(5)12-17(25)23-19(2,3)4)22-16-11-15(16)13-7-9-14(20)10-8-13/h7-10,15-16H,6,11-12H2,1-5H3,(H,21,22)(H,23,25). The lowest BCUT2D eigenvalue weighted by molar-refractivity contribution is -0.122. The minimum atomic E-state index is -0.226. The lowest BCUT2D eigenvalue weighted by atomic mass is 10.1. The number of nitrogens with zero attached hydrogens (tertiary/aromatic N) is 2. The summed E-state index contributed by atoms with van der Waals surface area (Å²) in [7, 11) is 1.90. The summed E-state index contributed by atoms with van der Waals surface area (Å²) >= 11 is 3.47. The van der Waals surface area contributed by atoms with Gasteiger partial charge in [-0.3, -0.25) is 9.79 Å². The van der Waals surface area contributed by atoms with E-state index < -0.39 is 0 Å². The molecule has 0 saturated heterocycles. The molecule has 6 heteroatoms. The zero-order valence-electron chi connectivity index (χ0n) is 15.8. The molecule has 0 aliphatic heterocycles. The zero-order valence-corrected chi connectivity index (χ0v) is 17.4. The van der Waals surface area contributed by atoms with Gasteiger partial charge in [0.1, 0.15) is 0 Å². The molecule has 1 aromatic rings. The first kappa shape index (κ1) is 19.8.